The maximum absolute atomic E-state index is 5.84. The molecular weight excluding hydrogens is 213 g/mol. The molecule has 0 aliphatic carbocycles. The molecule has 0 unspecified atom stereocenters. The number of hydrogen-bond donors (Lipinski definition) is 0. The highest BCUT2D eigenvalue weighted by molar-refractivity contribution is 6.34. The first kappa shape index (κ1) is 8.47. The number of aromatic nitrogens is 3. The van der Waals surface area contributed by atoms with Crippen LogP contribution in [0.5, 0.6) is 0 Å². The van der Waals surface area contributed by atoms with Crippen LogP contribution in [-0.4, -0.2) is 15.1 Å². The van der Waals surface area contributed by atoms with Crippen LogP contribution < -0.4 is 0 Å². The van der Waals surface area contributed by atoms with Gasteiger partial charge in [-0.25, -0.2) is 4.98 Å². The molecule has 0 fully saturated rings. The Bertz CT molecular complexity index is 416. The van der Waals surface area contributed by atoms with E-state index in [2.05, 4.69) is 19.6 Å². The van der Waals surface area contributed by atoms with Gasteiger partial charge < -0.3 is 4.52 Å². The molecule has 6 heteroatoms. The zero-order chi connectivity index (χ0) is 9.26. The summed E-state index contributed by atoms with van der Waals surface area (Å²) in [5.74, 6) is 0.326. The van der Waals surface area contributed by atoms with Gasteiger partial charge in [-0.15, -0.1) is 0 Å². The van der Waals surface area contributed by atoms with Gasteiger partial charge in [0, 0.05) is 0 Å². The van der Waals surface area contributed by atoms with E-state index in [1.165, 1.54) is 6.39 Å². The molecule has 0 aromatic carbocycles. The second kappa shape index (κ2) is 3.32. The highest BCUT2D eigenvalue weighted by atomic mass is 35.5. The van der Waals surface area contributed by atoms with Crippen molar-refractivity contribution in [1.29, 1.82) is 0 Å². The summed E-state index contributed by atoms with van der Waals surface area (Å²) >= 11 is 11.5. The van der Waals surface area contributed by atoms with E-state index in [9.17, 15) is 0 Å². The van der Waals surface area contributed by atoms with Gasteiger partial charge in [-0.1, -0.05) is 28.4 Å². The van der Waals surface area contributed by atoms with Crippen LogP contribution in [0.1, 0.15) is 0 Å². The quantitative estimate of drug-likeness (QED) is 0.687. The fourth-order valence-electron chi connectivity index (χ4n) is 0.850. The first-order chi connectivity index (χ1) is 6.27. The Kier molecular flexibility index (Phi) is 2.16. The van der Waals surface area contributed by atoms with Crippen LogP contribution in [0.2, 0.25) is 10.2 Å². The molecule has 0 saturated heterocycles. The highest BCUT2D eigenvalue weighted by Crippen LogP contribution is 2.24. The van der Waals surface area contributed by atoms with E-state index in [0.29, 0.717) is 21.7 Å². The molecule has 0 atom stereocenters. The predicted octanol–water partition coefficient (Wildman–Crippen LogP) is 2.44. The monoisotopic (exact) mass is 215 g/mol. The first-order valence-corrected chi connectivity index (χ1v) is 4.12. The van der Waals surface area contributed by atoms with Crippen LogP contribution in [-0.2, 0) is 0 Å². The zero-order valence-corrected chi connectivity index (χ0v) is 7.75. The fraction of sp³-hybridized carbons (Fsp3) is 0. The minimum Gasteiger partial charge on any atom is -0.342 e. The summed E-state index contributed by atoms with van der Waals surface area (Å²) in [7, 11) is 0. The van der Waals surface area contributed by atoms with Gasteiger partial charge in [-0.3, -0.25) is 0 Å². The second-order valence-electron chi connectivity index (χ2n) is 2.22. The van der Waals surface area contributed by atoms with Crippen LogP contribution in [0, 0.1) is 0 Å². The Morgan fingerprint density at radius 1 is 1.23 bits per heavy atom. The summed E-state index contributed by atoms with van der Waals surface area (Å²) in [5.41, 5.74) is 0.419. The average Bonchev–Trinajstić information content (AvgIpc) is 2.61. The van der Waals surface area contributed by atoms with Crippen molar-refractivity contribution in [2.75, 3.05) is 0 Å². The van der Waals surface area contributed by atoms with Gasteiger partial charge in [0.15, 0.2) is 0 Å². The molecule has 0 aliphatic rings. The SMILES string of the molecule is Clc1ccc(Cl)c(-c2ncon2)n1. The minimum absolute atomic E-state index is 0.326. The van der Waals surface area contributed by atoms with Gasteiger partial charge in [-0.05, 0) is 12.1 Å². The van der Waals surface area contributed by atoms with Crippen molar-refractivity contribution >= 4 is 23.2 Å². The van der Waals surface area contributed by atoms with Crippen LogP contribution in [0.4, 0.5) is 0 Å². The van der Waals surface area contributed by atoms with Gasteiger partial charge in [0.1, 0.15) is 10.8 Å². The molecule has 2 heterocycles. The summed E-state index contributed by atoms with van der Waals surface area (Å²) in [6.45, 7) is 0. The number of rotatable bonds is 1. The Morgan fingerprint density at radius 3 is 2.77 bits per heavy atom. The van der Waals surface area contributed by atoms with Crippen LogP contribution in [0.15, 0.2) is 23.0 Å². The molecule has 2 aromatic rings. The molecule has 0 saturated carbocycles. The molecule has 0 bridgehead atoms. The molecule has 0 amide bonds. The van der Waals surface area contributed by atoms with E-state index in [1.54, 1.807) is 12.1 Å². The Hall–Kier alpha value is -1.13. The third kappa shape index (κ3) is 1.64. The van der Waals surface area contributed by atoms with Crippen molar-refractivity contribution in [3.05, 3.63) is 28.7 Å². The third-order valence-corrected chi connectivity index (χ3v) is 1.90. The number of hydrogen-bond acceptors (Lipinski definition) is 4. The lowest BCUT2D eigenvalue weighted by Gasteiger charge is -1.97. The van der Waals surface area contributed by atoms with Crippen molar-refractivity contribution in [3.8, 4) is 11.5 Å². The molecular formula is C7H3Cl2N3O. The summed E-state index contributed by atoms with van der Waals surface area (Å²) in [5, 5.41) is 4.37. The van der Waals surface area contributed by atoms with Crippen molar-refractivity contribution < 1.29 is 4.52 Å². The summed E-state index contributed by atoms with van der Waals surface area (Å²) in [4.78, 5) is 7.77. The smallest absolute Gasteiger partial charge is 0.222 e. The van der Waals surface area contributed by atoms with Gasteiger partial charge in [-0.2, -0.15) is 4.98 Å². The zero-order valence-electron chi connectivity index (χ0n) is 6.24. The minimum atomic E-state index is 0.326. The van der Waals surface area contributed by atoms with E-state index in [1.807, 2.05) is 0 Å². The lowest BCUT2D eigenvalue weighted by atomic mass is 10.3. The molecule has 0 N–H and O–H groups in total. The van der Waals surface area contributed by atoms with E-state index in [-0.39, 0.29) is 0 Å². The topological polar surface area (TPSA) is 51.8 Å². The lowest BCUT2D eigenvalue weighted by molar-refractivity contribution is 0.418. The summed E-state index contributed by atoms with van der Waals surface area (Å²) in [6.07, 6.45) is 1.20. The fourth-order valence-corrected chi connectivity index (χ4v) is 1.19. The average molecular weight is 216 g/mol. The Morgan fingerprint density at radius 2 is 2.08 bits per heavy atom. The second-order valence-corrected chi connectivity index (χ2v) is 3.01. The van der Waals surface area contributed by atoms with Crippen molar-refractivity contribution in [2.24, 2.45) is 0 Å². The summed E-state index contributed by atoms with van der Waals surface area (Å²) in [6, 6.07) is 3.22. The Balaban J connectivity index is 2.57. The third-order valence-electron chi connectivity index (χ3n) is 1.39. The maximum atomic E-state index is 5.84. The maximum Gasteiger partial charge on any atom is 0.222 e. The van der Waals surface area contributed by atoms with Crippen LogP contribution >= 0.6 is 23.2 Å². The molecule has 2 aromatic heterocycles. The normalized spacial score (nSPS) is 10.3. The number of nitrogens with zero attached hydrogens (tertiary/aromatic N) is 3. The molecule has 4 nitrogen and oxygen atoms in total. The van der Waals surface area contributed by atoms with Crippen molar-refractivity contribution in [1.82, 2.24) is 15.1 Å². The van der Waals surface area contributed by atoms with Crippen LogP contribution in [0.3, 0.4) is 0 Å². The number of halogens is 2. The van der Waals surface area contributed by atoms with E-state index < -0.39 is 0 Å². The molecule has 0 radical (unpaired) electrons. The lowest BCUT2D eigenvalue weighted by Crippen LogP contribution is -1.87. The largest absolute Gasteiger partial charge is 0.342 e. The van der Waals surface area contributed by atoms with Crippen molar-refractivity contribution in [3.63, 3.8) is 0 Å². The van der Waals surface area contributed by atoms with Gasteiger partial charge in [0.2, 0.25) is 12.2 Å². The molecule has 13 heavy (non-hydrogen) atoms. The molecule has 2 rings (SSSR count). The predicted molar refractivity (Wildman–Crippen MR) is 47.5 cm³/mol. The first-order valence-electron chi connectivity index (χ1n) is 3.36. The van der Waals surface area contributed by atoms with Gasteiger partial charge in [0.05, 0.1) is 5.02 Å². The molecule has 0 aliphatic heterocycles. The highest BCUT2D eigenvalue weighted by Gasteiger charge is 2.09. The van der Waals surface area contributed by atoms with Crippen molar-refractivity contribution in [2.45, 2.75) is 0 Å². The Labute approximate surface area is 83.5 Å². The molecule has 66 valence electrons. The van der Waals surface area contributed by atoms with Gasteiger partial charge in [0.25, 0.3) is 0 Å². The number of pyridine rings is 1. The van der Waals surface area contributed by atoms with E-state index in [0.717, 1.165) is 0 Å². The summed E-state index contributed by atoms with van der Waals surface area (Å²) < 4.78 is 4.56. The van der Waals surface area contributed by atoms with Gasteiger partial charge >= 0.3 is 0 Å². The van der Waals surface area contributed by atoms with E-state index >= 15 is 0 Å². The molecule has 0 spiro atoms. The standard InChI is InChI=1S/C7H3Cl2N3O/c8-4-1-2-5(9)11-6(4)7-10-3-13-12-7/h1-3H. The van der Waals surface area contributed by atoms with Crippen LogP contribution in [0.25, 0.3) is 11.5 Å². The van der Waals surface area contributed by atoms with E-state index in [4.69, 9.17) is 23.2 Å².